The molecule has 2 bridgehead atoms. The molecule has 4 nitrogen and oxygen atoms in total. The summed E-state index contributed by atoms with van der Waals surface area (Å²) in [4.78, 5) is 15.2. The Morgan fingerprint density at radius 3 is 2.76 bits per heavy atom. The van der Waals surface area contributed by atoms with Crippen LogP contribution in [0.25, 0.3) is 0 Å². The fraction of sp³-hybridized carbons (Fsp3) is 0.542. The highest BCUT2D eigenvalue weighted by Gasteiger charge is 2.40. The van der Waals surface area contributed by atoms with E-state index in [9.17, 15) is 9.18 Å². The molecule has 0 aliphatic carbocycles. The lowest BCUT2D eigenvalue weighted by Crippen LogP contribution is -2.49. The molecule has 0 saturated carbocycles. The molecule has 3 heterocycles. The summed E-state index contributed by atoms with van der Waals surface area (Å²) >= 11 is 0. The normalized spacial score (nSPS) is 23.8. The summed E-state index contributed by atoms with van der Waals surface area (Å²) in [6.07, 6.45) is 3.30. The van der Waals surface area contributed by atoms with Crippen LogP contribution < -0.4 is 10.3 Å². The first-order valence-corrected chi connectivity index (χ1v) is 10.7. The van der Waals surface area contributed by atoms with Crippen LogP contribution in [-0.4, -0.2) is 29.7 Å². The van der Waals surface area contributed by atoms with Gasteiger partial charge in [-0.3, -0.25) is 9.69 Å². The standard InChI is InChI=1S/C24H31FN2O2/c1-16(2)7-9-22-19-12-18(21-5-4-6-24(28)27(21)22)14-26(15-19)13-17-8-10-23(29-3)20(25)11-17/h4-6,8,10-11,16,18-19,22H,7,9,12-15H2,1-3H3/t18-,19+,22+/m1/s1. The Balaban J connectivity index is 1.59. The zero-order valence-electron chi connectivity index (χ0n) is 17.6. The Kier molecular flexibility index (Phi) is 5.77. The number of benzene rings is 1. The number of aromatic nitrogens is 1. The second kappa shape index (κ2) is 8.31. The quantitative estimate of drug-likeness (QED) is 0.714. The van der Waals surface area contributed by atoms with Crippen molar-refractivity contribution < 1.29 is 9.13 Å². The average molecular weight is 399 g/mol. The van der Waals surface area contributed by atoms with E-state index in [1.165, 1.54) is 12.8 Å². The van der Waals surface area contributed by atoms with Crippen LogP contribution in [-0.2, 0) is 6.54 Å². The van der Waals surface area contributed by atoms with Crippen LogP contribution in [0.2, 0.25) is 0 Å². The molecule has 1 aromatic carbocycles. The molecule has 2 aromatic rings. The van der Waals surface area contributed by atoms with Crippen LogP contribution in [0.4, 0.5) is 4.39 Å². The van der Waals surface area contributed by atoms with Crippen molar-refractivity contribution in [1.29, 1.82) is 0 Å². The third-order valence-corrected chi connectivity index (χ3v) is 6.54. The van der Waals surface area contributed by atoms with Crippen LogP contribution in [0, 0.1) is 17.7 Å². The van der Waals surface area contributed by atoms with Gasteiger partial charge in [-0.2, -0.15) is 0 Å². The van der Waals surface area contributed by atoms with E-state index in [1.807, 2.05) is 12.1 Å². The maximum Gasteiger partial charge on any atom is 0.250 e. The van der Waals surface area contributed by atoms with Gasteiger partial charge >= 0.3 is 0 Å². The molecule has 0 spiro atoms. The van der Waals surface area contributed by atoms with Crippen molar-refractivity contribution in [3.05, 3.63) is 63.8 Å². The predicted molar refractivity (Wildman–Crippen MR) is 113 cm³/mol. The number of methoxy groups -OCH3 is 1. The molecule has 3 atom stereocenters. The van der Waals surface area contributed by atoms with Gasteiger partial charge in [-0.05, 0) is 54.9 Å². The highest BCUT2D eigenvalue weighted by molar-refractivity contribution is 5.29. The number of piperidine rings is 1. The van der Waals surface area contributed by atoms with E-state index >= 15 is 0 Å². The minimum atomic E-state index is -0.311. The second-order valence-corrected chi connectivity index (χ2v) is 9.05. The van der Waals surface area contributed by atoms with Crippen molar-refractivity contribution in [2.24, 2.45) is 11.8 Å². The highest BCUT2D eigenvalue weighted by Crippen LogP contribution is 2.43. The molecule has 1 saturated heterocycles. The van der Waals surface area contributed by atoms with Crippen LogP contribution in [0.3, 0.4) is 0 Å². The highest BCUT2D eigenvalue weighted by atomic mass is 19.1. The third-order valence-electron chi connectivity index (χ3n) is 6.54. The van der Waals surface area contributed by atoms with Gasteiger partial charge in [0.05, 0.1) is 7.11 Å². The van der Waals surface area contributed by atoms with Crippen LogP contribution in [0.15, 0.2) is 41.2 Å². The Bertz CT molecular complexity index is 923. The van der Waals surface area contributed by atoms with Crippen LogP contribution in [0.5, 0.6) is 5.75 Å². The maximum absolute atomic E-state index is 14.1. The zero-order chi connectivity index (χ0) is 20.5. The topological polar surface area (TPSA) is 34.5 Å². The summed E-state index contributed by atoms with van der Waals surface area (Å²) in [5.41, 5.74) is 2.28. The van der Waals surface area contributed by atoms with Crippen molar-refractivity contribution in [2.75, 3.05) is 20.2 Å². The van der Waals surface area contributed by atoms with Crippen molar-refractivity contribution in [2.45, 2.75) is 51.6 Å². The van der Waals surface area contributed by atoms with Gasteiger partial charge in [-0.15, -0.1) is 0 Å². The van der Waals surface area contributed by atoms with Gasteiger partial charge in [0.15, 0.2) is 11.6 Å². The van der Waals surface area contributed by atoms with Crippen molar-refractivity contribution >= 4 is 0 Å². The van der Waals surface area contributed by atoms with Gasteiger partial charge in [0.1, 0.15) is 0 Å². The molecule has 156 valence electrons. The minimum Gasteiger partial charge on any atom is -0.494 e. The molecule has 1 aromatic heterocycles. The van der Waals surface area contributed by atoms with Crippen LogP contribution >= 0.6 is 0 Å². The average Bonchev–Trinajstić information content (AvgIpc) is 2.68. The fourth-order valence-corrected chi connectivity index (χ4v) is 5.21. The van der Waals surface area contributed by atoms with E-state index in [0.717, 1.165) is 44.5 Å². The molecule has 0 amide bonds. The molecule has 2 aliphatic rings. The van der Waals surface area contributed by atoms with Gasteiger partial charge in [-0.25, -0.2) is 4.39 Å². The van der Waals surface area contributed by atoms with E-state index < -0.39 is 0 Å². The Morgan fingerprint density at radius 2 is 2.03 bits per heavy atom. The number of halogens is 1. The molecule has 29 heavy (non-hydrogen) atoms. The molecule has 2 aliphatic heterocycles. The number of hydrogen-bond acceptors (Lipinski definition) is 3. The largest absolute Gasteiger partial charge is 0.494 e. The third kappa shape index (κ3) is 4.11. The van der Waals surface area contributed by atoms with E-state index in [-0.39, 0.29) is 23.2 Å². The van der Waals surface area contributed by atoms with E-state index in [2.05, 4.69) is 29.4 Å². The molecular formula is C24H31FN2O2. The number of likely N-dealkylation sites (tertiary alicyclic amines) is 1. The summed E-state index contributed by atoms with van der Waals surface area (Å²) in [7, 11) is 1.49. The van der Waals surface area contributed by atoms with Gasteiger partial charge in [0.2, 0.25) is 0 Å². The molecule has 0 radical (unpaired) electrons. The van der Waals surface area contributed by atoms with E-state index in [4.69, 9.17) is 4.74 Å². The molecule has 0 N–H and O–H groups in total. The first-order valence-electron chi connectivity index (χ1n) is 10.7. The van der Waals surface area contributed by atoms with Crippen molar-refractivity contribution in [3.8, 4) is 5.75 Å². The lowest BCUT2D eigenvalue weighted by molar-refractivity contribution is 0.0798. The van der Waals surface area contributed by atoms with E-state index in [0.29, 0.717) is 17.8 Å². The first kappa shape index (κ1) is 20.1. The van der Waals surface area contributed by atoms with Crippen molar-refractivity contribution in [3.63, 3.8) is 0 Å². The number of pyridine rings is 1. The number of nitrogens with zero attached hydrogens (tertiary/aromatic N) is 2. The zero-order valence-corrected chi connectivity index (χ0v) is 17.6. The predicted octanol–water partition coefficient (Wildman–Crippen LogP) is 4.59. The Morgan fingerprint density at radius 1 is 1.21 bits per heavy atom. The summed E-state index contributed by atoms with van der Waals surface area (Å²) in [6.45, 7) is 7.07. The summed E-state index contributed by atoms with van der Waals surface area (Å²) < 4.78 is 21.3. The molecular weight excluding hydrogens is 367 g/mol. The fourth-order valence-electron chi connectivity index (χ4n) is 5.21. The molecule has 5 heteroatoms. The van der Waals surface area contributed by atoms with Gasteiger partial charge in [-0.1, -0.05) is 26.0 Å². The van der Waals surface area contributed by atoms with Gasteiger partial charge < -0.3 is 9.30 Å². The molecule has 0 unspecified atom stereocenters. The maximum atomic E-state index is 14.1. The van der Waals surface area contributed by atoms with Gasteiger partial charge in [0.25, 0.3) is 5.56 Å². The smallest absolute Gasteiger partial charge is 0.250 e. The second-order valence-electron chi connectivity index (χ2n) is 9.05. The first-order chi connectivity index (χ1) is 14.0. The Labute approximate surface area is 172 Å². The Hall–Kier alpha value is -2.14. The van der Waals surface area contributed by atoms with Crippen molar-refractivity contribution in [1.82, 2.24) is 9.47 Å². The molecule has 1 fully saturated rings. The monoisotopic (exact) mass is 398 g/mol. The SMILES string of the molecule is COc1ccc(CN2C[C@H]3C[C@@H](C2)[C@H](CCC(C)C)n2c3cccc2=O)cc1F. The number of rotatable bonds is 6. The van der Waals surface area contributed by atoms with E-state index in [1.54, 1.807) is 18.2 Å². The number of fused-ring (bicyclic) bond motifs is 4. The lowest BCUT2D eigenvalue weighted by Gasteiger charge is -2.47. The summed E-state index contributed by atoms with van der Waals surface area (Å²) in [5.74, 6) is 1.42. The summed E-state index contributed by atoms with van der Waals surface area (Å²) in [5, 5.41) is 0. The minimum absolute atomic E-state index is 0.136. The van der Waals surface area contributed by atoms with Crippen LogP contribution in [0.1, 0.15) is 56.3 Å². The number of hydrogen-bond donors (Lipinski definition) is 0. The van der Waals surface area contributed by atoms with Gasteiger partial charge in [0, 0.05) is 43.4 Å². The summed E-state index contributed by atoms with van der Waals surface area (Å²) in [6, 6.07) is 11.2. The lowest BCUT2D eigenvalue weighted by atomic mass is 9.76. The number of ether oxygens (including phenoxy) is 1. The molecule has 4 rings (SSSR count).